The van der Waals surface area contributed by atoms with Crippen LogP contribution in [0.4, 0.5) is 5.69 Å². The van der Waals surface area contributed by atoms with Crippen LogP contribution in [0.3, 0.4) is 0 Å². The summed E-state index contributed by atoms with van der Waals surface area (Å²) in [5, 5.41) is 12.2. The topological polar surface area (TPSA) is 94.8 Å². The molecule has 1 amide bonds. The second kappa shape index (κ2) is 11.8. The van der Waals surface area contributed by atoms with Crippen molar-refractivity contribution in [3.63, 3.8) is 0 Å². The van der Waals surface area contributed by atoms with Crippen LogP contribution in [0.1, 0.15) is 52.9 Å². The first-order valence-electron chi connectivity index (χ1n) is 11.9. The van der Waals surface area contributed by atoms with Crippen LogP contribution < -0.4 is 10.1 Å². The lowest BCUT2D eigenvalue weighted by molar-refractivity contribution is 0.102. The number of carbonyl (C=O) groups excluding carboxylic acids is 1. The normalized spacial score (nSPS) is 10.9. The highest BCUT2D eigenvalue weighted by molar-refractivity contribution is 7.98. The van der Waals surface area contributed by atoms with Crippen molar-refractivity contribution in [1.82, 2.24) is 25.0 Å². The first-order valence-corrected chi connectivity index (χ1v) is 12.9. The molecule has 0 atom stereocenters. The van der Waals surface area contributed by atoms with Gasteiger partial charge in [0.2, 0.25) is 0 Å². The van der Waals surface area contributed by atoms with Gasteiger partial charge in [0, 0.05) is 22.8 Å². The molecule has 36 heavy (non-hydrogen) atoms. The third kappa shape index (κ3) is 6.28. The largest absolute Gasteiger partial charge is 0.497 e. The molecular weight excluding hydrogens is 472 g/mol. The lowest BCUT2D eigenvalue weighted by Gasteiger charge is -2.10. The SMILES string of the molecule is CCCCc1ccc(NC(=O)c2nnn(-c3ccc(OC)cc3)c2CSc2nc(C)cc(C)n2)cc1. The van der Waals surface area contributed by atoms with Crippen LogP contribution in [-0.4, -0.2) is 38.0 Å². The molecule has 0 aliphatic heterocycles. The number of methoxy groups -OCH3 is 1. The molecule has 0 aliphatic carbocycles. The summed E-state index contributed by atoms with van der Waals surface area (Å²) in [6.07, 6.45) is 3.32. The van der Waals surface area contributed by atoms with Gasteiger partial charge in [-0.1, -0.05) is 42.5 Å². The van der Waals surface area contributed by atoms with E-state index in [4.69, 9.17) is 4.74 Å². The molecule has 0 fully saturated rings. The van der Waals surface area contributed by atoms with Crippen molar-refractivity contribution < 1.29 is 9.53 Å². The number of hydrogen-bond acceptors (Lipinski definition) is 7. The molecular formula is C27H30N6O2S. The number of aryl methyl sites for hydroxylation is 3. The zero-order valence-corrected chi connectivity index (χ0v) is 21.8. The Balaban J connectivity index is 1.60. The molecule has 0 saturated carbocycles. The van der Waals surface area contributed by atoms with Crippen molar-refractivity contribution >= 4 is 23.4 Å². The minimum Gasteiger partial charge on any atom is -0.497 e. The highest BCUT2D eigenvalue weighted by Crippen LogP contribution is 2.25. The summed E-state index contributed by atoms with van der Waals surface area (Å²) in [6, 6.07) is 17.3. The number of carbonyl (C=O) groups is 1. The van der Waals surface area contributed by atoms with Crippen LogP contribution in [0.2, 0.25) is 0 Å². The lowest BCUT2D eigenvalue weighted by atomic mass is 10.1. The molecule has 0 aliphatic rings. The molecule has 0 unspecified atom stereocenters. The highest BCUT2D eigenvalue weighted by Gasteiger charge is 2.22. The number of ether oxygens (including phenoxy) is 1. The predicted molar refractivity (Wildman–Crippen MR) is 142 cm³/mol. The Hall–Kier alpha value is -3.72. The van der Waals surface area contributed by atoms with E-state index in [1.807, 2.05) is 68.4 Å². The van der Waals surface area contributed by atoms with Crippen molar-refractivity contribution in [3.05, 3.63) is 82.9 Å². The zero-order valence-electron chi connectivity index (χ0n) is 21.0. The molecule has 2 aromatic carbocycles. The van der Waals surface area contributed by atoms with Crippen molar-refractivity contribution in [2.45, 2.75) is 50.9 Å². The highest BCUT2D eigenvalue weighted by atomic mass is 32.2. The van der Waals surface area contributed by atoms with E-state index in [2.05, 4.69) is 32.5 Å². The van der Waals surface area contributed by atoms with E-state index in [-0.39, 0.29) is 11.6 Å². The van der Waals surface area contributed by atoms with Crippen LogP contribution in [0.5, 0.6) is 5.75 Å². The van der Waals surface area contributed by atoms with Gasteiger partial charge in [0.1, 0.15) is 5.75 Å². The Kier molecular flexibility index (Phi) is 8.32. The molecule has 4 rings (SSSR count). The fraction of sp³-hybridized carbons (Fsp3) is 0.296. The number of nitrogens with zero attached hydrogens (tertiary/aromatic N) is 5. The Labute approximate surface area is 215 Å². The Morgan fingerprint density at radius 2 is 1.72 bits per heavy atom. The number of benzene rings is 2. The Morgan fingerprint density at radius 1 is 1.03 bits per heavy atom. The average Bonchev–Trinajstić information content (AvgIpc) is 3.30. The van der Waals surface area contributed by atoms with E-state index in [9.17, 15) is 4.79 Å². The third-order valence-electron chi connectivity index (χ3n) is 5.63. The van der Waals surface area contributed by atoms with Crippen LogP contribution in [0.25, 0.3) is 5.69 Å². The minimum absolute atomic E-state index is 0.262. The number of unbranched alkanes of at least 4 members (excludes halogenated alkanes) is 1. The summed E-state index contributed by atoms with van der Waals surface area (Å²) in [7, 11) is 1.62. The molecule has 9 heteroatoms. The van der Waals surface area contributed by atoms with E-state index in [0.717, 1.165) is 47.8 Å². The smallest absolute Gasteiger partial charge is 0.278 e. The lowest BCUT2D eigenvalue weighted by Crippen LogP contribution is -2.15. The van der Waals surface area contributed by atoms with E-state index in [1.54, 1.807) is 11.8 Å². The minimum atomic E-state index is -0.312. The van der Waals surface area contributed by atoms with Gasteiger partial charge >= 0.3 is 0 Å². The number of nitrogens with one attached hydrogen (secondary N) is 1. The van der Waals surface area contributed by atoms with Crippen molar-refractivity contribution in [1.29, 1.82) is 0 Å². The molecule has 0 radical (unpaired) electrons. The number of hydrogen-bond donors (Lipinski definition) is 1. The van der Waals surface area contributed by atoms with Crippen LogP contribution in [0.15, 0.2) is 59.8 Å². The average molecular weight is 503 g/mol. The summed E-state index contributed by atoms with van der Waals surface area (Å²) in [4.78, 5) is 22.3. The summed E-state index contributed by atoms with van der Waals surface area (Å²) < 4.78 is 6.95. The van der Waals surface area contributed by atoms with Crippen LogP contribution in [0, 0.1) is 13.8 Å². The number of thioether (sulfide) groups is 1. The van der Waals surface area contributed by atoms with Gasteiger partial charge < -0.3 is 10.1 Å². The number of amides is 1. The maximum Gasteiger partial charge on any atom is 0.278 e. The first-order chi connectivity index (χ1) is 17.5. The second-order valence-corrected chi connectivity index (χ2v) is 9.41. The number of anilines is 1. The van der Waals surface area contributed by atoms with Gasteiger partial charge in [-0.05, 0) is 74.7 Å². The van der Waals surface area contributed by atoms with E-state index in [1.165, 1.54) is 17.3 Å². The number of rotatable bonds is 10. The molecule has 1 N–H and O–H groups in total. The molecule has 4 aromatic rings. The fourth-order valence-electron chi connectivity index (χ4n) is 3.76. The number of aromatic nitrogens is 5. The Bertz CT molecular complexity index is 1300. The second-order valence-electron chi connectivity index (χ2n) is 8.47. The van der Waals surface area contributed by atoms with E-state index >= 15 is 0 Å². The Morgan fingerprint density at radius 3 is 2.36 bits per heavy atom. The molecule has 2 aromatic heterocycles. The zero-order chi connectivity index (χ0) is 25.5. The molecule has 0 spiro atoms. The molecule has 8 nitrogen and oxygen atoms in total. The molecule has 2 heterocycles. The van der Waals surface area contributed by atoms with Crippen molar-refractivity contribution in [2.75, 3.05) is 12.4 Å². The molecule has 0 saturated heterocycles. The van der Waals surface area contributed by atoms with E-state index in [0.29, 0.717) is 16.6 Å². The van der Waals surface area contributed by atoms with Crippen LogP contribution in [-0.2, 0) is 12.2 Å². The maximum atomic E-state index is 13.3. The third-order valence-corrected chi connectivity index (χ3v) is 6.48. The fourth-order valence-corrected chi connectivity index (χ4v) is 4.70. The summed E-state index contributed by atoms with van der Waals surface area (Å²) in [6.45, 7) is 6.05. The van der Waals surface area contributed by atoms with Gasteiger partial charge in [-0.2, -0.15) is 0 Å². The van der Waals surface area contributed by atoms with Gasteiger partial charge in [-0.3, -0.25) is 4.79 Å². The molecule has 0 bridgehead atoms. The predicted octanol–water partition coefficient (Wildman–Crippen LogP) is 5.57. The standard InChI is InChI=1S/C27H30N6O2S/c1-5-6-7-20-8-10-21(11-9-20)30-26(34)25-24(17-36-27-28-18(2)16-19(3)29-27)33(32-31-25)22-12-14-23(35-4)15-13-22/h8-16H,5-7,17H2,1-4H3,(H,30,34). The van der Waals surface area contributed by atoms with E-state index < -0.39 is 0 Å². The van der Waals surface area contributed by atoms with Crippen molar-refractivity contribution in [2.24, 2.45) is 0 Å². The van der Waals surface area contributed by atoms with Gasteiger partial charge in [0.05, 0.1) is 18.5 Å². The van der Waals surface area contributed by atoms with Gasteiger partial charge in [-0.25, -0.2) is 14.6 Å². The van der Waals surface area contributed by atoms with Gasteiger partial charge in [0.25, 0.3) is 5.91 Å². The summed E-state index contributed by atoms with van der Waals surface area (Å²) >= 11 is 1.44. The quantitative estimate of drug-likeness (QED) is 0.224. The van der Waals surface area contributed by atoms with Crippen LogP contribution >= 0.6 is 11.8 Å². The monoisotopic (exact) mass is 502 g/mol. The summed E-state index contributed by atoms with van der Waals surface area (Å²) in [5.74, 6) is 0.840. The maximum absolute atomic E-state index is 13.3. The first kappa shape index (κ1) is 25.4. The van der Waals surface area contributed by atoms with Crippen molar-refractivity contribution in [3.8, 4) is 11.4 Å². The molecule has 186 valence electrons. The summed E-state index contributed by atoms with van der Waals surface area (Å²) in [5.41, 5.74) is 5.46. The van der Waals surface area contributed by atoms with Gasteiger partial charge in [0.15, 0.2) is 10.9 Å². The van der Waals surface area contributed by atoms with Gasteiger partial charge in [-0.15, -0.1) is 5.10 Å².